The van der Waals surface area contributed by atoms with Gasteiger partial charge >= 0.3 is 0 Å². The van der Waals surface area contributed by atoms with Crippen molar-refractivity contribution >= 4 is 0 Å². The first kappa shape index (κ1) is 11.6. The number of hydrogen-bond donors (Lipinski definition) is 2. The zero-order chi connectivity index (χ0) is 11.4. The fraction of sp³-hybridized carbons (Fsp3) is 0.571. The van der Waals surface area contributed by atoms with Gasteiger partial charge in [-0.15, -0.1) is 0 Å². The molecule has 2 heteroatoms. The first-order valence-electron chi connectivity index (χ1n) is 6.26. The SMILES string of the molecule is CC[C@H](CO)NCc1ccc(C2CC2)cc1. The van der Waals surface area contributed by atoms with Crippen molar-refractivity contribution in [3.63, 3.8) is 0 Å². The Bertz CT molecular complexity index is 312. The maximum atomic E-state index is 9.07. The minimum atomic E-state index is 0.219. The van der Waals surface area contributed by atoms with Gasteiger partial charge in [-0.05, 0) is 36.3 Å². The summed E-state index contributed by atoms with van der Waals surface area (Å²) in [6.07, 6.45) is 3.69. The molecule has 2 N–H and O–H groups in total. The van der Waals surface area contributed by atoms with Gasteiger partial charge < -0.3 is 10.4 Å². The summed E-state index contributed by atoms with van der Waals surface area (Å²) >= 11 is 0. The zero-order valence-electron chi connectivity index (χ0n) is 9.95. The Hall–Kier alpha value is -0.860. The summed E-state index contributed by atoms with van der Waals surface area (Å²) in [4.78, 5) is 0. The summed E-state index contributed by atoms with van der Waals surface area (Å²) in [7, 11) is 0. The molecular weight excluding hydrogens is 198 g/mol. The molecule has 0 unspecified atom stereocenters. The van der Waals surface area contributed by atoms with Crippen LogP contribution in [0.5, 0.6) is 0 Å². The van der Waals surface area contributed by atoms with Crippen molar-refractivity contribution in [3.05, 3.63) is 35.4 Å². The molecule has 0 spiro atoms. The van der Waals surface area contributed by atoms with E-state index in [0.29, 0.717) is 0 Å². The molecule has 0 aromatic heterocycles. The van der Waals surface area contributed by atoms with E-state index in [1.165, 1.54) is 24.0 Å². The van der Waals surface area contributed by atoms with Crippen LogP contribution in [0.4, 0.5) is 0 Å². The number of benzene rings is 1. The Morgan fingerprint density at radius 1 is 1.31 bits per heavy atom. The molecule has 0 radical (unpaired) electrons. The molecule has 0 saturated heterocycles. The van der Waals surface area contributed by atoms with Gasteiger partial charge in [-0.1, -0.05) is 31.2 Å². The molecule has 2 rings (SSSR count). The molecule has 1 aliphatic carbocycles. The summed E-state index contributed by atoms with van der Waals surface area (Å²) in [5.74, 6) is 0.836. The van der Waals surface area contributed by atoms with Crippen molar-refractivity contribution in [1.82, 2.24) is 5.32 Å². The van der Waals surface area contributed by atoms with Crippen LogP contribution < -0.4 is 5.32 Å². The summed E-state index contributed by atoms with van der Waals surface area (Å²) in [5, 5.41) is 12.4. The van der Waals surface area contributed by atoms with Crippen LogP contribution in [-0.2, 0) is 6.54 Å². The van der Waals surface area contributed by atoms with Crippen LogP contribution in [0.2, 0.25) is 0 Å². The highest BCUT2D eigenvalue weighted by molar-refractivity contribution is 5.27. The van der Waals surface area contributed by atoms with Crippen LogP contribution >= 0.6 is 0 Å². The molecule has 1 aromatic carbocycles. The standard InChI is InChI=1S/C14H21NO/c1-2-14(10-16)15-9-11-3-5-12(6-4-11)13-7-8-13/h3-6,13-16H,2,7-10H2,1H3/t14-/m1/s1. The fourth-order valence-electron chi connectivity index (χ4n) is 1.92. The van der Waals surface area contributed by atoms with Crippen molar-refractivity contribution in [1.29, 1.82) is 0 Å². The highest BCUT2D eigenvalue weighted by Gasteiger charge is 2.22. The van der Waals surface area contributed by atoms with E-state index in [-0.39, 0.29) is 12.6 Å². The number of nitrogens with one attached hydrogen (secondary N) is 1. The third-order valence-corrected chi connectivity index (χ3v) is 3.34. The molecule has 1 fully saturated rings. The minimum absolute atomic E-state index is 0.219. The van der Waals surface area contributed by atoms with Crippen LogP contribution in [0.25, 0.3) is 0 Å². The summed E-state index contributed by atoms with van der Waals surface area (Å²) < 4.78 is 0. The van der Waals surface area contributed by atoms with Crippen LogP contribution in [0.3, 0.4) is 0 Å². The van der Waals surface area contributed by atoms with Crippen molar-refractivity contribution in [2.24, 2.45) is 0 Å². The number of hydrogen-bond acceptors (Lipinski definition) is 2. The van der Waals surface area contributed by atoms with E-state index >= 15 is 0 Å². The van der Waals surface area contributed by atoms with E-state index in [0.717, 1.165) is 18.9 Å². The average Bonchev–Trinajstić information content (AvgIpc) is 3.15. The van der Waals surface area contributed by atoms with Crippen LogP contribution in [0.15, 0.2) is 24.3 Å². The third-order valence-electron chi connectivity index (χ3n) is 3.34. The first-order valence-corrected chi connectivity index (χ1v) is 6.26. The summed E-state index contributed by atoms with van der Waals surface area (Å²) in [6.45, 7) is 3.16. The quantitative estimate of drug-likeness (QED) is 0.770. The van der Waals surface area contributed by atoms with Crippen LogP contribution in [0.1, 0.15) is 43.2 Å². The van der Waals surface area contributed by atoms with Gasteiger partial charge in [0, 0.05) is 12.6 Å². The predicted octanol–water partition coefficient (Wildman–Crippen LogP) is 2.42. The normalized spacial score (nSPS) is 17.4. The van der Waals surface area contributed by atoms with Crippen molar-refractivity contribution in [2.45, 2.75) is 44.7 Å². The van der Waals surface area contributed by atoms with E-state index in [1.54, 1.807) is 0 Å². The third kappa shape index (κ3) is 3.06. The second-order valence-corrected chi connectivity index (χ2v) is 4.68. The van der Waals surface area contributed by atoms with Crippen molar-refractivity contribution < 1.29 is 5.11 Å². The van der Waals surface area contributed by atoms with E-state index in [4.69, 9.17) is 5.11 Å². The maximum Gasteiger partial charge on any atom is 0.0584 e. The van der Waals surface area contributed by atoms with E-state index < -0.39 is 0 Å². The van der Waals surface area contributed by atoms with E-state index in [2.05, 4.69) is 36.5 Å². The fourth-order valence-corrected chi connectivity index (χ4v) is 1.92. The molecule has 0 aliphatic heterocycles. The summed E-state index contributed by atoms with van der Waals surface area (Å²) in [6, 6.07) is 9.11. The molecule has 16 heavy (non-hydrogen) atoms. The molecule has 0 amide bonds. The highest BCUT2D eigenvalue weighted by Crippen LogP contribution is 2.39. The van der Waals surface area contributed by atoms with Gasteiger partial charge in [-0.3, -0.25) is 0 Å². The predicted molar refractivity (Wildman–Crippen MR) is 66.4 cm³/mol. The van der Waals surface area contributed by atoms with Crippen molar-refractivity contribution in [3.8, 4) is 0 Å². The smallest absolute Gasteiger partial charge is 0.0584 e. The molecule has 1 aliphatic rings. The Morgan fingerprint density at radius 2 is 2.00 bits per heavy atom. The maximum absolute atomic E-state index is 9.07. The summed E-state index contributed by atoms with van der Waals surface area (Å²) in [5.41, 5.74) is 2.79. The molecular formula is C14H21NO. The van der Waals surface area contributed by atoms with Gasteiger partial charge in [0.1, 0.15) is 0 Å². The lowest BCUT2D eigenvalue weighted by atomic mass is 10.1. The van der Waals surface area contributed by atoms with Gasteiger partial charge in [0.05, 0.1) is 6.61 Å². The molecule has 0 bridgehead atoms. The van der Waals surface area contributed by atoms with E-state index in [9.17, 15) is 0 Å². The lowest BCUT2D eigenvalue weighted by Crippen LogP contribution is -2.31. The van der Waals surface area contributed by atoms with Gasteiger partial charge in [0.2, 0.25) is 0 Å². The largest absolute Gasteiger partial charge is 0.395 e. The monoisotopic (exact) mass is 219 g/mol. The Kier molecular flexibility index (Phi) is 3.97. The van der Waals surface area contributed by atoms with Gasteiger partial charge in [-0.25, -0.2) is 0 Å². The lowest BCUT2D eigenvalue weighted by molar-refractivity contribution is 0.238. The molecule has 0 heterocycles. The van der Waals surface area contributed by atoms with Gasteiger partial charge in [0.25, 0.3) is 0 Å². The number of aliphatic hydroxyl groups excluding tert-OH is 1. The number of aliphatic hydroxyl groups is 1. The first-order chi connectivity index (χ1) is 7.83. The Morgan fingerprint density at radius 3 is 2.50 bits per heavy atom. The molecule has 1 saturated carbocycles. The van der Waals surface area contributed by atoms with Crippen LogP contribution in [0, 0.1) is 0 Å². The number of rotatable bonds is 6. The lowest BCUT2D eigenvalue weighted by Gasteiger charge is -2.13. The molecule has 1 atom stereocenters. The average molecular weight is 219 g/mol. The van der Waals surface area contributed by atoms with Gasteiger partial charge in [-0.2, -0.15) is 0 Å². The van der Waals surface area contributed by atoms with Crippen LogP contribution in [-0.4, -0.2) is 17.8 Å². The van der Waals surface area contributed by atoms with Gasteiger partial charge in [0.15, 0.2) is 0 Å². The topological polar surface area (TPSA) is 32.3 Å². The Balaban J connectivity index is 1.84. The van der Waals surface area contributed by atoms with E-state index in [1.807, 2.05) is 0 Å². The molecule has 2 nitrogen and oxygen atoms in total. The minimum Gasteiger partial charge on any atom is -0.395 e. The molecule has 1 aromatic rings. The zero-order valence-corrected chi connectivity index (χ0v) is 9.95. The Labute approximate surface area is 97.7 Å². The molecule has 88 valence electrons. The second-order valence-electron chi connectivity index (χ2n) is 4.68. The second kappa shape index (κ2) is 5.46. The van der Waals surface area contributed by atoms with Crippen molar-refractivity contribution in [2.75, 3.05) is 6.61 Å². The highest BCUT2D eigenvalue weighted by atomic mass is 16.3.